The van der Waals surface area contributed by atoms with E-state index in [1.165, 1.54) is 18.2 Å². The molecule has 0 saturated heterocycles. The van der Waals surface area contributed by atoms with E-state index in [-0.39, 0.29) is 35.4 Å². The van der Waals surface area contributed by atoms with Gasteiger partial charge in [-0.3, -0.25) is 0 Å². The molecule has 2 rings (SSSR count). The lowest BCUT2D eigenvalue weighted by Gasteiger charge is -2.27. The van der Waals surface area contributed by atoms with Gasteiger partial charge < -0.3 is 20.9 Å². The average molecular weight is 412 g/mol. The Kier molecular flexibility index (Phi) is 6.68. The molecule has 1 aromatic heterocycles. The Morgan fingerprint density at radius 1 is 1.21 bits per heavy atom. The molecule has 0 bridgehead atoms. The zero-order chi connectivity index (χ0) is 21.8. The van der Waals surface area contributed by atoms with E-state index in [1.807, 2.05) is 13.8 Å². The number of hydrogen-bond acceptors (Lipinski definition) is 6. The molecule has 0 aliphatic rings. The number of benzene rings is 1. The Morgan fingerprint density at radius 2 is 1.90 bits per heavy atom. The number of nitrogens with two attached hydrogens (primary N) is 2. The van der Waals surface area contributed by atoms with Crippen LogP contribution in [0, 0.1) is 5.92 Å². The fraction of sp³-hybridized carbons (Fsp3) is 0.421. The van der Waals surface area contributed by atoms with Crippen LogP contribution in [-0.2, 0) is 6.18 Å². The summed E-state index contributed by atoms with van der Waals surface area (Å²) in [5.41, 5.74) is 9.56. The summed E-state index contributed by atoms with van der Waals surface area (Å²) >= 11 is 0. The van der Waals surface area contributed by atoms with Crippen molar-refractivity contribution in [1.29, 1.82) is 0 Å². The Bertz CT molecular complexity index is 870. The van der Waals surface area contributed by atoms with Crippen LogP contribution in [0.5, 0.6) is 11.6 Å². The molecule has 10 heteroatoms. The number of ether oxygens (including phenoxy) is 2. The molecule has 2 aromatic rings. The van der Waals surface area contributed by atoms with Gasteiger partial charge in [-0.05, 0) is 37.5 Å². The van der Waals surface area contributed by atoms with Crippen molar-refractivity contribution in [2.75, 3.05) is 6.61 Å². The smallest absolute Gasteiger partial charge is 0.419 e. The standard InChI is InChI=1S/C19H23F3N4O3/c1-11(2)8-18(3,24)9-28-15-5-4-12(6-13(15)19(20,21)22)14-7-16(26-10-25-14)29-17(23)27/h4-7,10-11H,8-9,24H2,1-3H3,(H2,23,27). The lowest BCUT2D eigenvalue weighted by molar-refractivity contribution is -0.139. The van der Waals surface area contributed by atoms with Gasteiger partial charge in [-0.2, -0.15) is 13.2 Å². The van der Waals surface area contributed by atoms with Gasteiger partial charge >= 0.3 is 12.3 Å². The summed E-state index contributed by atoms with van der Waals surface area (Å²) in [4.78, 5) is 18.4. The van der Waals surface area contributed by atoms with Crippen molar-refractivity contribution in [3.8, 4) is 22.9 Å². The molecule has 1 amide bonds. The number of primary amides is 1. The zero-order valence-corrected chi connectivity index (χ0v) is 16.3. The van der Waals surface area contributed by atoms with Crippen molar-refractivity contribution >= 4 is 6.09 Å². The van der Waals surface area contributed by atoms with Crippen LogP contribution in [0.15, 0.2) is 30.6 Å². The lowest BCUT2D eigenvalue weighted by Crippen LogP contribution is -2.43. The minimum Gasteiger partial charge on any atom is -0.491 e. The van der Waals surface area contributed by atoms with Crippen molar-refractivity contribution in [1.82, 2.24) is 9.97 Å². The van der Waals surface area contributed by atoms with Gasteiger partial charge in [0, 0.05) is 17.2 Å². The summed E-state index contributed by atoms with van der Waals surface area (Å²) in [7, 11) is 0. The number of rotatable bonds is 7. The summed E-state index contributed by atoms with van der Waals surface area (Å²) in [5, 5.41) is 0. The number of hydrogen-bond donors (Lipinski definition) is 2. The molecule has 0 saturated carbocycles. The van der Waals surface area contributed by atoms with E-state index in [9.17, 15) is 18.0 Å². The first kappa shape index (κ1) is 22.4. The fourth-order valence-electron chi connectivity index (χ4n) is 2.93. The summed E-state index contributed by atoms with van der Waals surface area (Å²) in [5.74, 6) is -0.235. The molecule has 7 nitrogen and oxygen atoms in total. The van der Waals surface area contributed by atoms with Gasteiger partial charge in [-0.15, -0.1) is 0 Å². The highest BCUT2D eigenvalue weighted by molar-refractivity contribution is 5.69. The van der Waals surface area contributed by atoms with E-state index < -0.39 is 23.4 Å². The maximum Gasteiger partial charge on any atom is 0.419 e. The van der Waals surface area contributed by atoms with E-state index in [0.717, 1.165) is 12.4 Å². The number of halogens is 3. The van der Waals surface area contributed by atoms with Gasteiger partial charge in [0.15, 0.2) is 0 Å². The molecular formula is C19H23F3N4O3. The average Bonchev–Trinajstić information content (AvgIpc) is 2.57. The number of alkyl halides is 3. The second-order valence-electron chi connectivity index (χ2n) is 7.41. The predicted octanol–water partition coefficient (Wildman–Crippen LogP) is 3.76. The molecule has 1 aromatic carbocycles. The van der Waals surface area contributed by atoms with Gasteiger partial charge in [0.2, 0.25) is 5.88 Å². The first-order valence-corrected chi connectivity index (χ1v) is 8.80. The molecule has 29 heavy (non-hydrogen) atoms. The molecule has 4 N–H and O–H groups in total. The quantitative estimate of drug-likeness (QED) is 0.716. The number of carbonyl (C=O) groups is 1. The molecule has 0 spiro atoms. The fourth-order valence-corrected chi connectivity index (χ4v) is 2.93. The molecule has 0 fully saturated rings. The monoisotopic (exact) mass is 412 g/mol. The topological polar surface area (TPSA) is 113 Å². The number of carbonyl (C=O) groups excluding carboxylic acids is 1. The van der Waals surface area contributed by atoms with Crippen LogP contribution in [0.2, 0.25) is 0 Å². The van der Waals surface area contributed by atoms with Crippen molar-refractivity contribution in [3.05, 3.63) is 36.2 Å². The second-order valence-corrected chi connectivity index (χ2v) is 7.41. The Balaban J connectivity index is 2.34. The first-order chi connectivity index (χ1) is 13.4. The van der Waals surface area contributed by atoms with Crippen LogP contribution in [0.3, 0.4) is 0 Å². The predicted molar refractivity (Wildman–Crippen MR) is 100 cm³/mol. The van der Waals surface area contributed by atoms with Gasteiger partial charge in [0.05, 0.1) is 11.3 Å². The molecule has 0 aliphatic carbocycles. The molecule has 1 atom stereocenters. The molecule has 1 unspecified atom stereocenters. The third-order valence-corrected chi connectivity index (χ3v) is 3.86. The zero-order valence-electron chi connectivity index (χ0n) is 16.3. The number of nitrogens with zero attached hydrogens (tertiary/aromatic N) is 2. The van der Waals surface area contributed by atoms with Crippen LogP contribution in [0.4, 0.5) is 18.0 Å². The summed E-state index contributed by atoms with van der Waals surface area (Å²) in [6.07, 6.45) is -4.11. The molecular weight excluding hydrogens is 389 g/mol. The van der Waals surface area contributed by atoms with Crippen molar-refractivity contribution in [2.24, 2.45) is 17.4 Å². The summed E-state index contributed by atoms with van der Waals surface area (Å²) in [6.45, 7) is 5.60. The van der Waals surface area contributed by atoms with Gasteiger partial charge in [0.1, 0.15) is 18.7 Å². The van der Waals surface area contributed by atoms with Crippen molar-refractivity contribution in [3.63, 3.8) is 0 Å². The third kappa shape index (κ3) is 6.60. The van der Waals surface area contributed by atoms with Crippen molar-refractivity contribution in [2.45, 2.75) is 38.9 Å². The van der Waals surface area contributed by atoms with Gasteiger partial charge in [-0.25, -0.2) is 14.8 Å². The van der Waals surface area contributed by atoms with Crippen LogP contribution < -0.4 is 20.9 Å². The highest BCUT2D eigenvalue weighted by Gasteiger charge is 2.35. The Labute approximate surface area is 166 Å². The van der Waals surface area contributed by atoms with E-state index >= 15 is 0 Å². The molecule has 158 valence electrons. The maximum absolute atomic E-state index is 13.6. The lowest BCUT2D eigenvalue weighted by atomic mass is 9.93. The molecule has 0 aliphatic heterocycles. The van der Waals surface area contributed by atoms with Gasteiger partial charge in [0.25, 0.3) is 0 Å². The highest BCUT2D eigenvalue weighted by atomic mass is 19.4. The summed E-state index contributed by atoms with van der Waals surface area (Å²) < 4.78 is 50.9. The van der Waals surface area contributed by atoms with Crippen LogP contribution in [0.25, 0.3) is 11.3 Å². The normalized spacial score (nSPS) is 13.8. The molecule has 1 heterocycles. The van der Waals surface area contributed by atoms with Crippen LogP contribution in [-0.4, -0.2) is 28.2 Å². The van der Waals surface area contributed by atoms with E-state index in [1.54, 1.807) is 6.92 Å². The van der Waals surface area contributed by atoms with E-state index in [0.29, 0.717) is 6.42 Å². The third-order valence-electron chi connectivity index (χ3n) is 3.86. The first-order valence-electron chi connectivity index (χ1n) is 8.80. The van der Waals surface area contributed by atoms with Crippen LogP contribution in [0.1, 0.15) is 32.8 Å². The number of amides is 1. The number of aromatic nitrogens is 2. The van der Waals surface area contributed by atoms with Gasteiger partial charge in [-0.1, -0.05) is 13.8 Å². The van der Waals surface area contributed by atoms with E-state index in [4.69, 9.17) is 16.2 Å². The van der Waals surface area contributed by atoms with E-state index in [2.05, 4.69) is 14.7 Å². The van der Waals surface area contributed by atoms with Crippen LogP contribution >= 0.6 is 0 Å². The minimum absolute atomic E-state index is 0.0717. The highest BCUT2D eigenvalue weighted by Crippen LogP contribution is 2.39. The van der Waals surface area contributed by atoms with Crippen molar-refractivity contribution < 1.29 is 27.4 Å². The Morgan fingerprint density at radius 3 is 2.48 bits per heavy atom. The minimum atomic E-state index is -4.66. The Hall–Kier alpha value is -2.88. The maximum atomic E-state index is 13.6. The largest absolute Gasteiger partial charge is 0.491 e. The molecule has 0 radical (unpaired) electrons. The second kappa shape index (κ2) is 8.64. The SMILES string of the molecule is CC(C)CC(C)(N)COc1ccc(-c2cc(OC(N)=O)ncn2)cc1C(F)(F)F. The summed E-state index contributed by atoms with van der Waals surface area (Å²) in [6, 6.07) is 4.74.